The highest BCUT2D eigenvalue weighted by Gasteiger charge is 2.06. The minimum absolute atomic E-state index is 0.520. The Kier molecular flexibility index (Phi) is 3.93. The van der Waals surface area contributed by atoms with Crippen LogP contribution in [-0.2, 0) is 6.54 Å². The van der Waals surface area contributed by atoms with Crippen LogP contribution in [0.15, 0.2) is 59.1 Å². The third-order valence-electron chi connectivity index (χ3n) is 3.23. The Morgan fingerprint density at radius 2 is 1.95 bits per heavy atom. The lowest BCUT2D eigenvalue weighted by molar-refractivity contribution is 0.516. The number of benzene rings is 2. The second kappa shape index (κ2) is 6.02. The van der Waals surface area contributed by atoms with Gasteiger partial charge in [0.05, 0.1) is 12.7 Å². The largest absolute Gasteiger partial charge is 0.439 e. The molecule has 3 rings (SSSR count). The number of hydrogen-bond acceptors (Lipinski definition) is 3. The molecule has 21 heavy (non-hydrogen) atoms. The third-order valence-corrected chi connectivity index (χ3v) is 3.63. The van der Waals surface area contributed by atoms with Crippen molar-refractivity contribution in [2.75, 3.05) is 5.32 Å². The van der Waals surface area contributed by atoms with E-state index >= 15 is 0 Å². The summed E-state index contributed by atoms with van der Waals surface area (Å²) < 4.78 is 5.74. The number of aromatic nitrogens is 1. The number of aryl methyl sites for hydroxylation is 1. The Balaban J connectivity index is 1.69. The van der Waals surface area contributed by atoms with Gasteiger partial charge in [0.15, 0.2) is 5.76 Å². The van der Waals surface area contributed by atoms with Crippen LogP contribution in [0, 0.1) is 6.92 Å². The average Bonchev–Trinajstić information content (AvgIpc) is 2.98. The molecule has 0 fully saturated rings. The van der Waals surface area contributed by atoms with E-state index in [-0.39, 0.29) is 0 Å². The fourth-order valence-corrected chi connectivity index (χ4v) is 2.19. The van der Waals surface area contributed by atoms with Gasteiger partial charge in [0, 0.05) is 16.3 Å². The first kappa shape index (κ1) is 13.7. The number of halogens is 1. The van der Waals surface area contributed by atoms with Gasteiger partial charge in [0.2, 0.25) is 5.89 Å². The van der Waals surface area contributed by atoms with Crippen molar-refractivity contribution in [1.29, 1.82) is 0 Å². The smallest absolute Gasteiger partial charge is 0.214 e. The van der Waals surface area contributed by atoms with Crippen molar-refractivity contribution in [2.45, 2.75) is 13.5 Å². The van der Waals surface area contributed by atoms with Crippen LogP contribution in [0.3, 0.4) is 0 Å². The summed E-state index contributed by atoms with van der Waals surface area (Å²) in [6.07, 6.45) is 1.74. The number of rotatable bonds is 4. The van der Waals surface area contributed by atoms with Crippen molar-refractivity contribution >= 4 is 17.3 Å². The van der Waals surface area contributed by atoms with E-state index < -0.39 is 0 Å². The van der Waals surface area contributed by atoms with Crippen LogP contribution in [0.5, 0.6) is 0 Å². The fourth-order valence-electron chi connectivity index (χ4n) is 2.01. The molecule has 0 unspecified atom stereocenters. The van der Waals surface area contributed by atoms with Gasteiger partial charge in [0.1, 0.15) is 0 Å². The second-order valence-electron chi connectivity index (χ2n) is 4.80. The highest BCUT2D eigenvalue weighted by Crippen LogP contribution is 2.22. The maximum absolute atomic E-state index is 6.10. The molecule has 0 aliphatic carbocycles. The zero-order valence-corrected chi connectivity index (χ0v) is 12.4. The van der Waals surface area contributed by atoms with Crippen molar-refractivity contribution in [1.82, 2.24) is 4.98 Å². The lowest BCUT2D eigenvalue weighted by Gasteiger charge is -2.05. The van der Waals surface area contributed by atoms with Gasteiger partial charge in [-0.3, -0.25) is 0 Å². The number of oxazole rings is 1. The van der Waals surface area contributed by atoms with Crippen molar-refractivity contribution in [3.8, 4) is 11.3 Å². The second-order valence-corrected chi connectivity index (χ2v) is 5.21. The lowest BCUT2D eigenvalue weighted by atomic mass is 10.2. The minimum atomic E-state index is 0.520. The Morgan fingerprint density at radius 3 is 2.71 bits per heavy atom. The van der Waals surface area contributed by atoms with E-state index in [0.717, 1.165) is 27.6 Å². The Hall–Kier alpha value is -2.26. The molecule has 0 bridgehead atoms. The van der Waals surface area contributed by atoms with E-state index in [4.69, 9.17) is 16.0 Å². The summed E-state index contributed by atoms with van der Waals surface area (Å²) in [6.45, 7) is 2.50. The third kappa shape index (κ3) is 3.26. The fraction of sp³-hybridized carbons (Fsp3) is 0.118. The van der Waals surface area contributed by atoms with Gasteiger partial charge in [0.25, 0.3) is 0 Å². The molecule has 3 aromatic rings. The van der Waals surface area contributed by atoms with E-state index in [1.165, 1.54) is 0 Å². The molecule has 1 heterocycles. The topological polar surface area (TPSA) is 38.1 Å². The van der Waals surface area contributed by atoms with Crippen LogP contribution >= 0.6 is 11.6 Å². The molecular formula is C17H15ClN2O. The first-order valence-electron chi connectivity index (χ1n) is 6.72. The molecule has 0 spiro atoms. The van der Waals surface area contributed by atoms with Crippen LogP contribution in [0.2, 0.25) is 5.02 Å². The zero-order chi connectivity index (χ0) is 14.7. The maximum Gasteiger partial charge on any atom is 0.214 e. The van der Waals surface area contributed by atoms with Crippen LogP contribution in [-0.4, -0.2) is 4.98 Å². The van der Waals surface area contributed by atoms with Gasteiger partial charge in [-0.2, -0.15) is 0 Å². The average molecular weight is 299 g/mol. The molecule has 0 aliphatic rings. The van der Waals surface area contributed by atoms with E-state index in [9.17, 15) is 0 Å². The predicted molar refractivity (Wildman–Crippen MR) is 85.5 cm³/mol. The first-order valence-corrected chi connectivity index (χ1v) is 7.10. The van der Waals surface area contributed by atoms with Gasteiger partial charge in [-0.05, 0) is 24.6 Å². The summed E-state index contributed by atoms with van der Waals surface area (Å²) in [7, 11) is 0. The predicted octanol–water partition coefficient (Wildman–Crippen LogP) is 4.92. The quantitative estimate of drug-likeness (QED) is 0.743. The van der Waals surface area contributed by atoms with Crippen LogP contribution in [0.25, 0.3) is 11.3 Å². The Bertz CT molecular complexity index is 738. The molecule has 0 saturated carbocycles. The molecule has 106 valence electrons. The summed E-state index contributed by atoms with van der Waals surface area (Å²) in [4.78, 5) is 4.29. The van der Waals surface area contributed by atoms with E-state index in [2.05, 4.69) is 10.3 Å². The number of nitrogens with one attached hydrogen (secondary N) is 1. The normalized spacial score (nSPS) is 10.6. The number of hydrogen-bond donors (Lipinski definition) is 1. The highest BCUT2D eigenvalue weighted by atomic mass is 35.5. The summed E-state index contributed by atoms with van der Waals surface area (Å²) in [5, 5.41) is 4.00. The molecule has 1 aromatic heterocycles. The van der Waals surface area contributed by atoms with Gasteiger partial charge in [-0.1, -0.05) is 48.0 Å². The van der Waals surface area contributed by atoms with Gasteiger partial charge >= 0.3 is 0 Å². The van der Waals surface area contributed by atoms with Crippen LogP contribution in [0.1, 0.15) is 11.5 Å². The summed E-state index contributed by atoms with van der Waals surface area (Å²) in [5.41, 5.74) is 3.03. The van der Waals surface area contributed by atoms with Gasteiger partial charge < -0.3 is 9.73 Å². The van der Waals surface area contributed by atoms with Crippen molar-refractivity contribution in [2.24, 2.45) is 0 Å². The van der Waals surface area contributed by atoms with Crippen molar-refractivity contribution in [3.05, 3.63) is 71.2 Å². The molecule has 0 amide bonds. The molecule has 2 aromatic carbocycles. The molecule has 0 atom stereocenters. The summed E-state index contributed by atoms with van der Waals surface area (Å²) >= 11 is 6.10. The first-order chi connectivity index (χ1) is 10.2. The minimum Gasteiger partial charge on any atom is -0.439 e. The van der Waals surface area contributed by atoms with Gasteiger partial charge in [-0.15, -0.1) is 0 Å². The molecular weight excluding hydrogens is 284 g/mol. The van der Waals surface area contributed by atoms with E-state index in [0.29, 0.717) is 12.4 Å². The molecule has 3 nitrogen and oxygen atoms in total. The van der Waals surface area contributed by atoms with Crippen LogP contribution in [0.4, 0.5) is 5.69 Å². The van der Waals surface area contributed by atoms with Crippen molar-refractivity contribution < 1.29 is 4.42 Å². The standard InChI is InChI=1S/C17H15ClN2O/c1-12-7-8-14(9-15(12)18)19-11-17-20-10-16(21-17)13-5-3-2-4-6-13/h2-10,19H,11H2,1H3. The molecule has 1 N–H and O–H groups in total. The number of nitrogens with zero attached hydrogens (tertiary/aromatic N) is 1. The summed E-state index contributed by atoms with van der Waals surface area (Å²) in [6, 6.07) is 15.8. The van der Waals surface area contributed by atoms with E-state index in [1.807, 2.05) is 55.5 Å². The lowest BCUT2D eigenvalue weighted by Crippen LogP contribution is -1.99. The van der Waals surface area contributed by atoms with Gasteiger partial charge in [-0.25, -0.2) is 4.98 Å². The Labute approximate surface area is 128 Å². The Morgan fingerprint density at radius 1 is 1.14 bits per heavy atom. The van der Waals surface area contributed by atoms with Crippen LogP contribution < -0.4 is 5.32 Å². The van der Waals surface area contributed by atoms with Crippen molar-refractivity contribution in [3.63, 3.8) is 0 Å². The summed E-state index contributed by atoms with van der Waals surface area (Å²) in [5.74, 6) is 1.42. The molecule has 4 heteroatoms. The highest BCUT2D eigenvalue weighted by molar-refractivity contribution is 6.31. The van der Waals surface area contributed by atoms with E-state index in [1.54, 1.807) is 6.20 Å². The zero-order valence-electron chi connectivity index (χ0n) is 11.6. The monoisotopic (exact) mass is 298 g/mol. The molecule has 0 aliphatic heterocycles. The SMILES string of the molecule is Cc1ccc(NCc2ncc(-c3ccccc3)o2)cc1Cl. The maximum atomic E-state index is 6.10. The number of anilines is 1. The molecule has 0 radical (unpaired) electrons. The molecule has 0 saturated heterocycles.